The predicted octanol–water partition coefficient (Wildman–Crippen LogP) is 3.18. The van der Waals surface area contributed by atoms with Gasteiger partial charge in [-0.25, -0.2) is 0 Å². The van der Waals surface area contributed by atoms with E-state index in [1.165, 1.54) is 18.4 Å². The summed E-state index contributed by atoms with van der Waals surface area (Å²) in [6, 6.07) is 6.84. The minimum atomic E-state index is 0.357. The van der Waals surface area contributed by atoms with Crippen LogP contribution in [0.2, 0.25) is 0 Å². The second kappa shape index (κ2) is 4.32. The quantitative estimate of drug-likeness (QED) is 0.866. The molecule has 0 aliphatic heterocycles. The molecule has 0 amide bonds. The Labute approximate surface area is 107 Å². The molecule has 3 rings (SSSR count). The third-order valence-corrected chi connectivity index (χ3v) is 3.63. The van der Waals surface area contributed by atoms with Gasteiger partial charge in [0, 0.05) is 30.2 Å². The Morgan fingerprint density at radius 2 is 2.17 bits per heavy atom. The third kappa shape index (κ3) is 1.99. The zero-order chi connectivity index (χ0) is 12.7. The smallest absolute Gasteiger partial charge is 0.139 e. The first-order valence-electron chi connectivity index (χ1n) is 6.71. The molecule has 3 heteroatoms. The highest BCUT2D eigenvalue weighted by molar-refractivity contribution is 5.89. The Hall–Kier alpha value is -1.48. The number of aromatic nitrogens is 1. The van der Waals surface area contributed by atoms with E-state index in [2.05, 4.69) is 36.0 Å². The van der Waals surface area contributed by atoms with Crippen molar-refractivity contribution < 1.29 is 5.11 Å². The molecule has 0 spiro atoms. The van der Waals surface area contributed by atoms with Gasteiger partial charge < -0.3 is 15.0 Å². The summed E-state index contributed by atoms with van der Waals surface area (Å²) in [7, 11) is 0. The number of phenolic OH excluding ortho intramolecular Hbond substituents is 1. The van der Waals surface area contributed by atoms with Gasteiger partial charge >= 0.3 is 0 Å². The van der Waals surface area contributed by atoms with Crippen molar-refractivity contribution in [3.63, 3.8) is 0 Å². The van der Waals surface area contributed by atoms with E-state index < -0.39 is 0 Å². The molecular weight excluding hydrogens is 224 g/mol. The third-order valence-electron chi connectivity index (χ3n) is 3.63. The van der Waals surface area contributed by atoms with Crippen molar-refractivity contribution in [1.29, 1.82) is 0 Å². The lowest BCUT2D eigenvalue weighted by atomic mass is 10.1. The maximum Gasteiger partial charge on any atom is 0.139 e. The fourth-order valence-electron chi connectivity index (χ4n) is 2.45. The molecule has 1 aromatic carbocycles. The predicted molar refractivity (Wildman–Crippen MR) is 73.8 cm³/mol. The molecule has 1 fully saturated rings. The van der Waals surface area contributed by atoms with E-state index in [0.29, 0.717) is 17.8 Å². The number of benzene rings is 1. The Morgan fingerprint density at radius 3 is 2.83 bits per heavy atom. The van der Waals surface area contributed by atoms with Gasteiger partial charge in [-0.3, -0.25) is 0 Å². The normalized spacial score (nSPS) is 15.7. The zero-order valence-electron chi connectivity index (χ0n) is 11.0. The van der Waals surface area contributed by atoms with E-state index >= 15 is 0 Å². The molecule has 0 saturated heterocycles. The van der Waals surface area contributed by atoms with E-state index in [9.17, 15) is 5.11 Å². The van der Waals surface area contributed by atoms with Gasteiger partial charge in [0.1, 0.15) is 5.75 Å². The number of hydrogen-bond donors (Lipinski definition) is 2. The monoisotopic (exact) mass is 244 g/mol. The van der Waals surface area contributed by atoms with Crippen LogP contribution in [0.3, 0.4) is 0 Å². The molecule has 0 bridgehead atoms. The molecule has 2 N–H and O–H groups in total. The van der Waals surface area contributed by atoms with Crippen LogP contribution in [0.1, 0.15) is 38.3 Å². The first-order chi connectivity index (χ1) is 8.66. The highest BCUT2D eigenvalue weighted by atomic mass is 16.3. The van der Waals surface area contributed by atoms with Crippen LogP contribution in [0, 0.1) is 0 Å². The Balaban J connectivity index is 2.04. The van der Waals surface area contributed by atoms with Crippen LogP contribution in [0.25, 0.3) is 10.9 Å². The van der Waals surface area contributed by atoms with E-state index in [4.69, 9.17) is 0 Å². The van der Waals surface area contributed by atoms with Crippen molar-refractivity contribution in [2.24, 2.45) is 0 Å². The van der Waals surface area contributed by atoms with Gasteiger partial charge in [0.2, 0.25) is 0 Å². The van der Waals surface area contributed by atoms with Crippen LogP contribution in [0.4, 0.5) is 0 Å². The second-order valence-electron chi connectivity index (χ2n) is 5.48. The summed E-state index contributed by atoms with van der Waals surface area (Å²) < 4.78 is 2.16. The van der Waals surface area contributed by atoms with Crippen LogP contribution >= 0.6 is 0 Å². The van der Waals surface area contributed by atoms with Gasteiger partial charge in [0.25, 0.3) is 0 Å². The van der Waals surface area contributed by atoms with Crippen LogP contribution in [-0.2, 0) is 6.54 Å². The average Bonchev–Trinajstić information content (AvgIpc) is 3.08. The number of para-hydroxylation sites is 1. The first kappa shape index (κ1) is 11.6. The van der Waals surface area contributed by atoms with E-state index in [-0.39, 0.29) is 0 Å². The summed E-state index contributed by atoms with van der Waals surface area (Å²) >= 11 is 0. The Morgan fingerprint density at radius 1 is 1.39 bits per heavy atom. The minimum Gasteiger partial charge on any atom is -0.506 e. The highest BCUT2D eigenvalue weighted by Gasteiger charge is 2.21. The van der Waals surface area contributed by atoms with Crippen molar-refractivity contribution >= 4 is 10.9 Å². The maximum absolute atomic E-state index is 10.1. The molecule has 1 aromatic heterocycles. The highest BCUT2D eigenvalue weighted by Crippen LogP contribution is 2.31. The van der Waals surface area contributed by atoms with E-state index in [1.54, 1.807) is 6.07 Å². The van der Waals surface area contributed by atoms with Crippen molar-refractivity contribution in [3.05, 3.63) is 30.0 Å². The van der Waals surface area contributed by atoms with Gasteiger partial charge in [0.15, 0.2) is 0 Å². The number of phenols is 1. The van der Waals surface area contributed by atoms with E-state index in [1.807, 2.05) is 6.07 Å². The van der Waals surface area contributed by atoms with Gasteiger partial charge in [-0.05, 0) is 38.3 Å². The SMILES string of the molecule is CC(C)n1cc(CNC2CC2)c2cccc(O)c21. The number of fused-ring (bicyclic) bond motifs is 1. The van der Waals surface area contributed by atoms with Gasteiger partial charge in [-0.2, -0.15) is 0 Å². The van der Waals surface area contributed by atoms with Gasteiger partial charge in [0.05, 0.1) is 5.52 Å². The lowest BCUT2D eigenvalue weighted by Gasteiger charge is -2.09. The molecule has 18 heavy (non-hydrogen) atoms. The molecular formula is C15H20N2O. The fourth-order valence-corrected chi connectivity index (χ4v) is 2.45. The molecule has 1 aliphatic carbocycles. The van der Waals surface area contributed by atoms with Crippen LogP contribution < -0.4 is 5.32 Å². The largest absolute Gasteiger partial charge is 0.506 e. The summed E-state index contributed by atoms with van der Waals surface area (Å²) in [5.74, 6) is 0.374. The maximum atomic E-state index is 10.1. The van der Waals surface area contributed by atoms with Crippen molar-refractivity contribution in [2.75, 3.05) is 0 Å². The van der Waals surface area contributed by atoms with Crippen LogP contribution in [0.15, 0.2) is 24.4 Å². The topological polar surface area (TPSA) is 37.2 Å². The fraction of sp³-hybridized carbons (Fsp3) is 0.467. The Bertz CT molecular complexity index is 567. The first-order valence-corrected chi connectivity index (χ1v) is 6.71. The number of nitrogens with zero attached hydrogens (tertiary/aromatic N) is 1. The molecule has 0 atom stereocenters. The molecule has 3 nitrogen and oxygen atoms in total. The van der Waals surface area contributed by atoms with Gasteiger partial charge in [-0.1, -0.05) is 12.1 Å². The average molecular weight is 244 g/mol. The number of nitrogens with one attached hydrogen (secondary N) is 1. The summed E-state index contributed by atoms with van der Waals surface area (Å²) in [6.45, 7) is 5.18. The van der Waals surface area contributed by atoms with Crippen molar-refractivity contribution in [3.8, 4) is 5.75 Å². The molecule has 1 aliphatic rings. The lowest BCUT2D eigenvalue weighted by molar-refractivity contribution is 0.475. The second-order valence-corrected chi connectivity index (χ2v) is 5.48. The summed E-state index contributed by atoms with van der Waals surface area (Å²) in [6.07, 6.45) is 4.77. The Kier molecular flexibility index (Phi) is 2.78. The summed E-state index contributed by atoms with van der Waals surface area (Å²) in [4.78, 5) is 0. The number of aromatic hydroxyl groups is 1. The minimum absolute atomic E-state index is 0.357. The molecule has 1 saturated carbocycles. The molecule has 2 aromatic rings. The summed E-state index contributed by atoms with van der Waals surface area (Å²) in [5, 5.41) is 14.8. The molecule has 0 radical (unpaired) electrons. The van der Waals surface area contributed by atoms with Crippen molar-refractivity contribution in [1.82, 2.24) is 9.88 Å². The number of hydrogen-bond acceptors (Lipinski definition) is 2. The lowest BCUT2D eigenvalue weighted by Crippen LogP contribution is -2.14. The van der Waals surface area contributed by atoms with Crippen molar-refractivity contribution in [2.45, 2.75) is 45.3 Å². The molecule has 96 valence electrons. The van der Waals surface area contributed by atoms with Gasteiger partial charge in [-0.15, -0.1) is 0 Å². The standard InChI is InChI=1S/C15H20N2O/c1-10(2)17-9-11(8-16-12-6-7-12)13-4-3-5-14(18)15(13)17/h3-5,9-10,12,16,18H,6-8H2,1-2H3. The van der Waals surface area contributed by atoms with Crippen LogP contribution in [-0.4, -0.2) is 15.7 Å². The van der Waals surface area contributed by atoms with E-state index in [0.717, 1.165) is 17.4 Å². The number of rotatable bonds is 4. The molecule has 0 unspecified atom stereocenters. The zero-order valence-corrected chi connectivity index (χ0v) is 11.0. The molecule has 1 heterocycles. The van der Waals surface area contributed by atoms with Crippen LogP contribution in [0.5, 0.6) is 5.75 Å². The summed E-state index contributed by atoms with van der Waals surface area (Å²) in [5.41, 5.74) is 2.24.